The first-order chi connectivity index (χ1) is 8.26. The fourth-order valence-electron chi connectivity index (χ4n) is 1.13. The maximum Gasteiger partial charge on any atom is 0.154 e. The lowest BCUT2D eigenvalue weighted by molar-refractivity contribution is 0.208. The zero-order valence-corrected chi connectivity index (χ0v) is 10.5. The molecule has 0 amide bonds. The summed E-state index contributed by atoms with van der Waals surface area (Å²) in [6, 6.07) is 9.53. The van der Waals surface area contributed by atoms with Crippen molar-refractivity contribution >= 4 is 16.9 Å². The fraction of sp³-hybridized carbons (Fsp3) is 0.333. The van der Waals surface area contributed by atoms with E-state index in [1.807, 2.05) is 12.1 Å². The van der Waals surface area contributed by atoms with E-state index < -0.39 is 0 Å². The van der Waals surface area contributed by atoms with Crippen LogP contribution >= 0.6 is 11.8 Å². The van der Waals surface area contributed by atoms with Crippen LogP contribution in [-0.4, -0.2) is 25.4 Å². The van der Waals surface area contributed by atoms with Crippen LogP contribution in [0.2, 0.25) is 0 Å². The number of methoxy groups -OCH3 is 1. The molecular formula is C12H15N3OS. The smallest absolute Gasteiger partial charge is 0.154 e. The highest BCUT2D eigenvalue weighted by atomic mass is 32.2. The van der Waals surface area contributed by atoms with Gasteiger partial charge in [0.15, 0.2) is 5.17 Å². The first-order valence-corrected chi connectivity index (χ1v) is 6.15. The molecule has 90 valence electrons. The second-order valence-electron chi connectivity index (χ2n) is 3.31. The van der Waals surface area contributed by atoms with Crippen molar-refractivity contribution in [2.24, 2.45) is 10.7 Å². The molecule has 17 heavy (non-hydrogen) atoms. The Labute approximate surface area is 105 Å². The molecule has 0 spiro atoms. The fourth-order valence-corrected chi connectivity index (χ4v) is 1.82. The van der Waals surface area contributed by atoms with E-state index in [9.17, 15) is 0 Å². The zero-order valence-electron chi connectivity index (χ0n) is 9.72. The average Bonchev–Trinajstić information content (AvgIpc) is 2.37. The molecule has 1 aromatic carbocycles. The van der Waals surface area contributed by atoms with Crippen molar-refractivity contribution in [2.75, 3.05) is 20.3 Å². The molecule has 1 rings (SSSR count). The largest absolute Gasteiger partial charge is 0.383 e. The molecule has 0 aromatic heterocycles. The van der Waals surface area contributed by atoms with Crippen LogP contribution in [0.1, 0.15) is 11.1 Å². The number of hydrogen-bond donors (Lipinski definition) is 1. The number of nitriles is 1. The molecule has 0 aliphatic heterocycles. The second-order valence-corrected chi connectivity index (χ2v) is 4.31. The molecule has 0 saturated heterocycles. The number of nitrogens with zero attached hydrogens (tertiary/aromatic N) is 2. The number of hydrogen-bond acceptors (Lipinski definition) is 4. The summed E-state index contributed by atoms with van der Waals surface area (Å²) < 4.78 is 4.88. The van der Waals surface area contributed by atoms with E-state index in [-0.39, 0.29) is 0 Å². The van der Waals surface area contributed by atoms with Crippen LogP contribution in [0.25, 0.3) is 0 Å². The van der Waals surface area contributed by atoms with E-state index in [4.69, 9.17) is 15.7 Å². The van der Waals surface area contributed by atoms with Gasteiger partial charge in [-0.1, -0.05) is 23.9 Å². The van der Waals surface area contributed by atoms with E-state index in [2.05, 4.69) is 11.1 Å². The van der Waals surface area contributed by atoms with E-state index >= 15 is 0 Å². The molecule has 1 aromatic rings. The van der Waals surface area contributed by atoms with Gasteiger partial charge in [-0.3, -0.25) is 4.99 Å². The van der Waals surface area contributed by atoms with Crippen LogP contribution < -0.4 is 5.73 Å². The summed E-state index contributed by atoms with van der Waals surface area (Å²) in [5, 5.41) is 9.22. The van der Waals surface area contributed by atoms with Crippen LogP contribution in [0.5, 0.6) is 0 Å². The van der Waals surface area contributed by atoms with Crippen molar-refractivity contribution in [1.82, 2.24) is 0 Å². The Morgan fingerprint density at radius 3 is 2.76 bits per heavy atom. The number of benzene rings is 1. The Bertz CT molecular complexity index is 409. The standard InChI is InChI=1S/C12H15N3OS/c1-16-7-6-15-12(14)17-9-11-4-2-10(8-13)3-5-11/h2-5H,6-7,9H2,1H3,(H2,14,15). The molecule has 0 aliphatic rings. The SMILES string of the molecule is COCCN=C(N)SCc1ccc(C#N)cc1. The van der Waals surface area contributed by atoms with Gasteiger partial charge >= 0.3 is 0 Å². The molecule has 0 saturated carbocycles. The number of aliphatic imine (C=N–C) groups is 1. The van der Waals surface area contributed by atoms with Gasteiger partial charge in [0.25, 0.3) is 0 Å². The van der Waals surface area contributed by atoms with Gasteiger partial charge in [-0.15, -0.1) is 0 Å². The molecule has 0 radical (unpaired) electrons. The highest BCUT2D eigenvalue weighted by Gasteiger charge is 1.97. The third-order valence-corrected chi connectivity index (χ3v) is 2.94. The summed E-state index contributed by atoms with van der Waals surface area (Å²) >= 11 is 1.48. The van der Waals surface area contributed by atoms with Gasteiger partial charge in [-0.05, 0) is 17.7 Å². The summed E-state index contributed by atoms with van der Waals surface area (Å²) in [7, 11) is 1.63. The number of rotatable bonds is 5. The van der Waals surface area contributed by atoms with Crippen molar-refractivity contribution in [2.45, 2.75) is 5.75 Å². The lowest BCUT2D eigenvalue weighted by atomic mass is 10.2. The first kappa shape index (κ1) is 13.6. The minimum absolute atomic E-state index is 0.561. The predicted octanol–water partition coefficient (Wildman–Crippen LogP) is 1.75. The Balaban J connectivity index is 2.39. The number of nitrogens with two attached hydrogens (primary N) is 1. The molecule has 4 nitrogen and oxygen atoms in total. The maximum atomic E-state index is 8.66. The maximum absolute atomic E-state index is 8.66. The third-order valence-electron chi connectivity index (χ3n) is 2.03. The van der Waals surface area contributed by atoms with Crippen molar-refractivity contribution in [3.63, 3.8) is 0 Å². The van der Waals surface area contributed by atoms with Gasteiger partial charge < -0.3 is 10.5 Å². The van der Waals surface area contributed by atoms with Crippen LogP contribution in [0, 0.1) is 11.3 Å². The summed E-state index contributed by atoms with van der Waals surface area (Å²) in [5.74, 6) is 0.758. The summed E-state index contributed by atoms with van der Waals surface area (Å²) in [5.41, 5.74) is 7.51. The monoisotopic (exact) mass is 249 g/mol. The molecule has 5 heteroatoms. The second kappa shape index (κ2) is 7.71. The minimum Gasteiger partial charge on any atom is -0.383 e. The molecular weight excluding hydrogens is 234 g/mol. The summed E-state index contributed by atoms with van der Waals surface area (Å²) in [4.78, 5) is 4.14. The summed E-state index contributed by atoms with van der Waals surface area (Å²) in [6.45, 7) is 1.17. The lowest BCUT2D eigenvalue weighted by Gasteiger charge is -2.01. The Morgan fingerprint density at radius 2 is 2.18 bits per heavy atom. The minimum atomic E-state index is 0.561. The highest BCUT2D eigenvalue weighted by molar-refractivity contribution is 8.13. The van der Waals surface area contributed by atoms with Crippen molar-refractivity contribution < 1.29 is 4.74 Å². The van der Waals surface area contributed by atoms with Gasteiger partial charge in [0, 0.05) is 12.9 Å². The van der Waals surface area contributed by atoms with Crippen LogP contribution in [0.3, 0.4) is 0 Å². The van der Waals surface area contributed by atoms with Crippen LogP contribution in [0.15, 0.2) is 29.3 Å². The topological polar surface area (TPSA) is 71.4 Å². The van der Waals surface area contributed by atoms with Gasteiger partial charge in [-0.2, -0.15) is 5.26 Å². The molecule has 0 aliphatic carbocycles. The van der Waals surface area contributed by atoms with Crippen molar-refractivity contribution in [3.05, 3.63) is 35.4 Å². The van der Waals surface area contributed by atoms with Crippen LogP contribution in [-0.2, 0) is 10.5 Å². The van der Waals surface area contributed by atoms with E-state index in [1.165, 1.54) is 11.8 Å². The molecule has 0 fully saturated rings. The Hall–Kier alpha value is -1.51. The van der Waals surface area contributed by atoms with Gasteiger partial charge in [-0.25, -0.2) is 0 Å². The highest BCUT2D eigenvalue weighted by Crippen LogP contribution is 2.12. The molecule has 0 bridgehead atoms. The first-order valence-electron chi connectivity index (χ1n) is 5.17. The number of thioether (sulfide) groups is 1. The Morgan fingerprint density at radius 1 is 1.47 bits per heavy atom. The molecule has 0 unspecified atom stereocenters. The van der Waals surface area contributed by atoms with Gasteiger partial charge in [0.2, 0.25) is 0 Å². The van der Waals surface area contributed by atoms with Gasteiger partial charge in [0.05, 0.1) is 24.8 Å². The average molecular weight is 249 g/mol. The zero-order chi connectivity index (χ0) is 12.5. The van der Waals surface area contributed by atoms with E-state index in [0.717, 1.165) is 11.3 Å². The molecule has 0 heterocycles. The summed E-state index contributed by atoms with van der Waals surface area (Å²) in [6.07, 6.45) is 0. The van der Waals surface area contributed by atoms with E-state index in [1.54, 1.807) is 19.2 Å². The normalized spacial score (nSPS) is 11.2. The molecule has 2 N–H and O–H groups in total. The van der Waals surface area contributed by atoms with Crippen molar-refractivity contribution in [1.29, 1.82) is 5.26 Å². The lowest BCUT2D eigenvalue weighted by Crippen LogP contribution is -2.09. The third kappa shape index (κ3) is 5.38. The number of amidine groups is 1. The predicted molar refractivity (Wildman–Crippen MR) is 70.8 cm³/mol. The van der Waals surface area contributed by atoms with Crippen LogP contribution in [0.4, 0.5) is 0 Å². The van der Waals surface area contributed by atoms with Gasteiger partial charge in [0.1, 0.15) is 0 Å². The molecule has 0 atom stereocenters. The quantitative estimate of drug-likeness (QED) is 0.490. The van der Waals surface area contributed by atoms with Crippen molar-refractivity contribution in [3.8, 4) is 6.07 Å². The number of ether oxygens (including phenoxy) is 1. The Kier molecular flexibility index (Phi) is 6.15. The van der Waals surface area contributed by atoms with E-state index in [0.29, 0.717) is 23.9 Å².